The number of halogens is 1. The average molecular weight is 338 g/mol. The van der Waals surface area contributed by atoms with Crippen molar-refractivity contribution in [1.82, 2.24) is 9.72 Å². The van der Waals surface area contributed by atoms with Gasteiger partial charge in [-0.2, -0.15) is 0 Å². The molecule has 6 heteroatoms. The number of aromatic nitrogens is 2. The fraction of sp³-hybridized carbons (Fsp3) is 0.529. The molecule has 5 nitrogen and oxygen atoms in total. The average Bonchev–Trinajstić information content (AvgIpc) is 2.83. The molecular weight excluding hydrogens is 314 g/mol. The Morgan fingerprint density at radius 3 is 2.57 bits per heavy atom. The van der Waals surface area contributed by atoms with E-state index in [1.165, 1.54) is 0 Å². The molecule has 0 aromatic carbocycles. The Labute approximate surface area is 142 Å². The lowest BCUT2D eigenvalue weighted by molar-refractivity contribution is 0.292. The lowest BCUT2D eigenvalue weighted by Crippen LogP contribution is -2.30. The third-order valence-electron chi connectivity index (χ3n) is 4.65. The normalized spacial score (nSPS) is 21.0. The largest absolute Gasteiger partial charge is 0.361 e. The Balaban J connectivity index is 0.00000192. The highest BCUT2D eigenvalue weighted by Gasteiger charge is 2.20. The summed E-state index contributed by atoms with van der Waals surface area (Å²) >= 11 is 0. The van der Waals surface area contributed by atoms with Crippen LogP contribution in [0, 0.1) is 19.8 Å². The smallest absolute Gasteiger partial charge is 0.250 e. The van der Waals surface area contributed by atoms with Crippen molar-refractivity contribution in [2.75, 3.05) is 0 Å². The molecule has 2 aromatic heterocycles. The van der Waals surface area contributed by atoms with Crippen molar-refractivity contribution in [2.24, 2.45) is 11.7 Å². The highest BCUT2D eigenvalue weighted by Crippen LogP contribution is 2.27. The maximum absolute atomic E-state index is 12.1. The minimum absolute atomic E-state index is 0. The maximum Gasteiger partial charge on any atom is 0.250 e. The van der Waals surface area contributed by atoms with Crippen molar-refractivity contribution < 1.29 is 4.52 Å². The molecule has 1 saturated carbocycles. The van der Waals surface area contributed by atoms with E-state index in [4.69, 9.17) is 10.3 Å². The number of aryl methyl sites for hydroxylation is 2. The van der Waals surface area contributed by atoms with Crippen LogP contribution in [0.1, 0.15) is 37.1 Å². The van der Waals surface area contributed by atoms with Crippen molar-refractivity contribution in [2.45, 2.75) is 52.1 Å². The van der Waals surface area contributed by atoms with Gasteiger partial charge in [-0.25, -0.2) is 0 Å². The van der Waals surface area contributed by atoms with Crippen LogP contribution in [0.3, 0.4) is 0 Å². The molecule has 2 aromatic rings. The standard InChI is InChI=1S/C17H23N3O2.ClH/c1-11-17(12(2)22-19-11)14-5-8-16(21)20(10-14)9-13-3-6-15(18)7-4-13;/h5,8,10,13,15H,3-4,6-7,9,18H2,1-2H3;1H. The molecule has 0 radical (unpaired) electrons. The number of hydrogen-bond acceptors (Lipinski definition) is 4. The second-order valence-electron chi connectivity index (χ2n) is 6.39. The summed E-state index contributed by atoms with van der Waals surface area (Å²) in [6, 6.07) is 3.82. The fourth-order valence-electron chi connectivity index (χ4n) is 3.37. The lowest BCUT2D eigenvalue weighted by Gasteiger charge is -2.26. The maximum atomic E-state index is 12.1. The van der Waals surface area contributed by atoms with E-state index in [2.05, 4.69) is 5.16 Å². The van der Waals surface area contributed by atoms with Gasteiger partial charge in [-0.3, -0.25) is 4.79 Å². The molecule has 1 fully saturated rings. The lowest BCUT2D eigenvalue weighted by atomic mass is 9.86. The molecule has 1 aliphatic carbocycles. The predicted molar refractivity (Wildman–Crippen MR) is 92.9 cm³/mol. The fourth-order valence-corrected chi connectivity index (χ4v) is 3.37. The molecule has 1 aliphatic rings. The van der Waals surface area contributed by atoms with Gasteiger partial charge < -0.3 is 14.8 Å². The van der Waals surface area contributed by atoms with Gasteiger partial charge in [0.05, 0.1) is 5.69 Å². The van der Waals surface area contributed by atoms with E-state index >= 15 is 0 Å². The van der Waals surface area contributed by atoms with E-state index in [-0.39, 0.29) is 18.0 Å². The third-order valence-corrected chi connectivity index (χ3v) is 4.65. The van der Waals surface area contributed by atoms with Gasteiger partial charge >= 0.3 is 0 Å². The number of nitrogens with two attached hydrogens (primary N) is 1. The first-order valence-electron chi connectivity index (χ1n) is 7.94. The van der Waals surface area contributed by atoms with Crippen LogP contribution in [0.5, 0.6) is 0 Å². The summed E-state index contributed by atoms with van der Waals surface area (Å²) in [5, 5.41) is 3.99. The molecule has 0 atom stereocenters. The van der Waals surface area contributed by atoms with E-state index in [9.17, 15) is 4.79 Å². The van der Waals surface area contributed by atoms with Gasteiger partial charge in [0.15, 0.2) is 0 Å². The number of hydrogen-bond donors (Lipinski definition) is 1. The molecular formula is C17H24ClN3O2. The van der Waals surface area contributed by atoms with Crippen LogP contribution in [0.2, 0.25) is 0 Å². The molecule has 0 aliphatic heterocycles. The van der Waals surface area contributed by atoms with Crippen LogP contribution in [0.4, 0.5) is 0 Å². The zero-order valence-corrected chi connectivity index (χ0v) is 14.4. The second-order valence-corrected chi connectivity index (χ2v) is 6.39. The quantitative estimate of drug-likeness (QED) is 0.934. The molecule has 23 heavy (non-hydrogen) atoms. The molecule has 0 unspecified atom stereocenters. The summed E-state index contributed by atoms with van der Waals surface area (Å²) in [7, 11) is 0. The van der Waals surface area contributed by atoms with Crippen LogP contribution in [0.15, 0.2) is 27.6 Å². The number of rotatable bonds is 3. The van der Waals surface area contributed by atoms with E-state index in [0.29, 0.717) is 12.0 Å². The van der Waals surface area contributed by atoms with Gasteiger partial charge in [-0.1, -0.05) is 5.16 Å². The van der Waals surface area contributed by atoms with E-state index in [1.54, 1.807) is 6.07 Å². The molecule has 0 saturated heterocycles. The zero-order valence-electron chi connectivity index (χ0n) is 13.6. The molecule has 0 bridgehead atoms. The van der Waals surface area contributed by atoms with Crippen molar-refractivity contribution in [3.8, 4) is 11.1 Å². The molecule has 0 amide bonds. The van der Waals surface area contributed by atoms with Crippen molar-refractivity contribution in [3.05, 3.63) is 40.1 Å². The Kier molecular flexibility index (Phi) is 5.65. The Morgan fingerprint density at radius 1 is 1.26 bits per heavy atom. The summed E-state index contributed by atoms with van der Waals surface area (Å²) in [5.41, 5.74) is 8.83. The van der Waals surface area contributed by atoms with Crippen LogP contribution in [-0.2, 0) is 6.54 Å². The first-order chi connectivity index (χ1) is 10.5. The van der Waals surface area contributed by atoms with Crippen LogP contribution in [-0.4, -0.2) is 15.8 Å². The Hall–Kier alpha value is -1.59. The summed E-state index contributed by atoms with van der Waals surface area (Å²) < 4.78 is 7.05. The highest BCUT2D eigenvalue weighted by molar-refractivity contribution is 5.85. The Morgan fingerprint density at radius 2 is 1.96 bits per heavy atom. The monoisotopic (exact) mass is 337 g/mol. The summed E-state index contributed by atoms with van der Waals surface area (Å²) in [6.07, 6.45) is 6.25. The highest BCUT2D eigenvalue weighted by atomic mass is 35.5. The van der Waals surface area contributed by atoms with E-state index < -0.39 is 0 Å². The van der Waals surface area contributed by atoms with Gasteiger partial charge in [0.1, 0.15) is 5.76 Å². The van der Waals surface area contributed by atoms with Crippen LogP contribution < -0.4 is 11.3 Å². The SMILES string of the molecule is Cc1noc(C)c1-c1ccc(=O)n(CC2CCC(N)CC2)c1.Cl. The van der Waals surface area contributed by atoms with Gasteiger partial charge in [-0.15, -0.1) is 12.4 Å². The van der Waals surface area contributed by atoms with E-state index in [0.717, 1.165) is 54.8 Å². The van der Waals surface area contributed by atoms with Crippen molar-refractivity contribution in [3.63, 3.8) is 0 Å². The van der Waals surface area contributed by atoms with Crippen molar-refractivity contribution >= 4 is 12.4 Å². The summed E-state index contributed by atoms with van der Waals surface area (Å²) in [6.45, 7) is 4.58. The second kappa shape index (κ2) is 7.32. The number of nitrogens with zero attached hydrogens (tertiary/aromatic N) is 2. The topological polar surface area (TPSA) is 74.0 Å². The predicted octanol–water partition coefficient (Wildman–Crippen LogP) is 3.06. The third kappa shape index (κ3) is 3.85. The minimum Gasteiger partial charge on any atom is -0.361 e. The molecule has 2 N–H and O–H groups in total. The van der Waals surface area contributed by atoms with E-state index in [1.807, 2.05) is 30.7 Å². The summed E-state index contributed by atoms with van der Waals surface area (Å²) in [5.74, 6) is 1.32. The number of pyridine rings is 1. The molecule has 126 valence electrons. The molecule has 3 rings (SSSR count). The van der Waals surface area contributed by atoms with Crippen LogP contribution in [0.25, 0.3) is 11.1 Å². The van der Waals surface area contributed by atoms with Gasteiger partial charge in [0, 0.05) is 36.0 Å². The Bertz CT molecular complexity index is 695. The van der Waals surface area contributed by atoms with Crippen LogP contribution >= 0.6 is 12.4 Å². The van der Waals surface area contributed by atoms with Gasteiger partial charge in [0.25, 0.3) is 5.56 Å². The van der Waals surface area contributed by atoms with Crippen molar-refractivity contribution in [1.29, 1.82) is 0 Å². The summed E-state index contributed by atoms with van der Waals surface area (Å²) in [4.78, 5) is 12.1. The minimum atomic E-state index is 0. The van der Waals surface area contributed by atoms with Gasteiger partial charge in [-0.05, 0) is 51.5 Å². The molecule has 2 heterocycles. The molecule has 0 spiro atoms. The first kappa shape index (κ1) is 17.8. The first-order valence-corrected chi connectivity index (χ1v) is 7.94. The van der Waals surface area contributed by atoms with Gasteiger partial charge in [0.2, 0.25) is 0 Å². The zero-order chi connectivity index (χ0) is 15.7.